The largest absolute Gasteiger partial charge is 0.329 e. The maximum absolute atomic E-state index is 5.98. The van der Waals surface area contributed by atoms with Crippen LogP contribution in [0.25, 0.3) is 0 Å². The monoisotopic (exact) mass is 266 g/mol. The Morgan fingerprint density at radius 2 is 1.94 bits per heavy atom. The summed E-state index contributed by atoms with van der Waals surface area (Å²) >= 11 is 1.88. The fourth-order valence-electron chi connectivity index (χ4n) is 2.18. The van der Waals surface area contributed by atoms with Crippen LogP contribution < -0.4 is 5.73 Å². The zero-order chi connectivity index (χ0) is 13.7. The van der Waals surface area contributed by atoms with E-state index in [2.05, 4.69) is 57.2 Å². The lowest BCUT2D eigenvalue weighted by Gasteiger charge is -2.32. The molecule has 0 heterocycles. The summed E-state index contributed by atoms with van der Waals surface area (Å²) in [6, 6.07) is 7.53. The van der Waals surface area contributed by atoms with E-state index in [1.54, 1.807) is 0 Å². The van der Waals surface area contributed by atoms with Gasteiger partial charge in [0.2, 0.25) is 0 Å². The van der Waals surface area contributed by atoms with Crippen molar-refractivity contribution in [2.45, 2.75) is 32.9 Å². The molecular weight excluding hydrogens is 240 g/mol. The number of aryl methyl sites for hydroxylation is 2. The van der Waals surface area contributed by atoms with E-state index in [4.69, 9.17) is 5.73 Å². The Balaban J connectivity index is 2.91. The van der Waals surface area contributed by atoms with Gasteiger partial charge in [0.15, 0.2) is 0 Å². The SMILES string of the molecule is CSCC(C)N(C)C(CN)c1ccc(C)c(C)c1. The number of likely N-dealkylation sites (N-methyl/N-ethyl adjacent to an activating group) is 1. The number of nitrogens with two attached hydrogens (primary N) is 1. The van der Waals surface area contributed by atoms with E-state index in [0.29, 0.717) is 18.6 Å². The zero-order valence-electron chi connectivity index (χ0n) is 12.2. The average molecular weight is 266 g/mol. The molecule has 0 fully saturated rings. The first kappa shape index (κ1) is 15.5. The second kappa shape index (κ2) is 7.17. The molecule has 0 spiro atoms. The first-order chi connectivity index (χ1) is 8.51. The van der Waals surface area contributed by atoms with Gasteiger partial charge in [-0.05, 0) is 50.8 Å². The van der Waals surface area contributed by atoms with Gasteiger partial charge in [0.05, 0.1) is 0 Å². The third kappa shape index (κ3) is 3.74. The van der Waals surface area contributed by atoms with Crippen LogP contribution in [0.2, 0.25) is 0 Å². The van der Waals surface area contributed by atoms with Crippen LogP contribution in [0.4, 0.5) is 0 Å². The molecule has 0 amide bonds. The van der Waals surface area contributed by atoms with Gasteiger partial charge in [0.25, 0.3) is 0 Å². The van der Waals surface area contributed by atoms with Crippen molar-refractivity contribution in [3.05, 3.63) is 34.9 Å². The second-order valence-electron chi connectivity index (χ2n) is 5.07. The van der Waals surface area contributed by atoms with Crippen LogP contribution >= 0.6 is 11.8 Å². The van der Waals surface area contributed by atoms with Crippen molar-refractivity contribution < 1.29 is 0 Å². The summed E-state index contributed by atoms with van der Waals surface area (Å²) in [4.78, 5) is 2.39. The molecule has 1 aromatic rings. The highest BCUT2D eigenvalue weighted by atomic mass is 32.2. The normalized spacial score (nSPS) is 14.8. The Morgan fingerprint density at radius 1 is 1.28 bits per heavy atom. The lowest BCUT2D eigenvalue weighted by molar-refractivity contribution is 0.204. The van der Waals surface area contributed by atoms with Gasteiger partial charge in [0.1, 0.15) is 0 Å². The van der Waals surface area contributed by atoms with Crippen LogP contribution in [0.3, 0.4) is 0 Å². The molecule has 2 N–H and O–H groups in total. The lowest BCUT2D eigenvalue weighted by Crippen LogP contribution is -2.38. The van der Waals surface area contributed by atoms with Gasteiger partial charge < -0.3 is 5.73 Å². The number of hydrogen-bond acceptors (Lipinski definition) is 3. The van der Waals surface area contributed by atoms with Crippen molar-refractivity contribution in [2.75, 3.05) is 25.6 Å². The van der Waals surface area contributed by atoms with Crippen LogP contribution in [0, 0.1) is 13.8 Å². The first-order valence-electron chi connectivity index (χ1n) is 6.49. The number of nitrogens with zero attached hydrogens (tertiary/aromatic N) is 1. The van der Waals surface area contributed by atoms with Gasteiger partial charge >= 0.3 is 0 Å². The summed E-state index contributed by atoms with van der Waals surface area (Å²) < 4.78 is 0. The quantitative estimate of drug-likeness (QED) is 0.858. The Hall–Kier alpha value is -0.510. The molecule has 0 bridgehead atoms. The number of hydrogen-bond donors (Lipinski definition) is 1. The summed E-state index contributed by atoms with van der Waals surface area (Å²) in [6.45, 7) is 7.24. The van der Waals surface area contributed by atoms with E-state index in [-0.39, 0.29) is 0 Å². The summed E-state index contributed by atoms with van der Waals surface area (Å²) in [6.07, 6.45) is 2.15. The average Bonchev–Trinajstić information content (AvgIpc) is 2.34. The molecule has 0 saturated carbocycles. The van der Waals surface area contributed by atoms with E-state index in [1.807, 2.05) is 11.8 Å². The molecule has 18 heavy (non-hydrogen) atoms. The van der Waals surface area contributed by atoms with E-state index < -0.39 is 0 Å². The Bertz CT molecular complexity index is 379. The van der Waals surface area contributed by atoms with Crippen LogP contribution in [0.5, 0.6) is 0 Å². The second-order valence-corrected chi connectivity index (χ2v) is 5.98. The highest BCUT2D eigenvalue weighted by molar-refractivity contribution is 7.98. The van der Waals surface area contributed by atoms with Gasteiger partial charge in [-0.2, -0.15) is 11.8 Å². The maximum Gasteiger partial charge on any atom is 0.0470 e. The van der Waals surface area contributed by atoms with E-state index in [9.17, 15) is 0 Å². The molecule has 1 rings (SSSR count). The summed E-state index contributed by atoms with van der Waals surface area (Å²) in [5.74, 6) is 1.14. The van der Waals surface area contributed by atoms with Crippen LogP contribution in [0.15, 0.2) is 18.2 Å². The van der Waals surface area contributed by atoms with Gasteiger partial charge in [-0.15, -0.1) is 0 Å². The Morgan fingerprint density at radius 3 is 2.44 bits per heavy atom. The molecule has 0 aliphatic rings. The molecule has 0 radical (unpaired) electrons. The number of benzene rings is 1. The van der Waals surface area contributed by atoms with Crippen molar-refractivity contribution in [1.82, 2.24) is 4.90 Å². The van der Waals surface area contributed by atoms with Gasteiger partial charge in [-0.25, -0.2) is 0 Å². The van der Waals surface area contributed by atoms with Gasteiger partial charge in [0, 0.05) is 24.4 Å². The molecular formula is C15H26N2S. The smallest absolute Gasteiger partial charge is 0.0470 e. The summed E-state index contributed by atoms with van der Waals surface area (Å²) in [5, 5.41) is 0. The summed E-state index contributed by atoms with van der Waals surface area (Å²) in [7, 11) is 2.17. The minimum absolute atomic E-state index is 0.312. The van der Waals surface area contributed by atoms with Crippen LogP contribution in [-0.4, -0.2) is 36.5 Å². The molecule has 0 saturated heterocycles. The molecule has 2 atom stereocenters. The van der Waals surface area contributed by atoms with Crippen LogP contribution in [0.1, 0.15) is 29.7 Å². The lowest BCUT2D eigenvalue weighted by atomic mass is 9.99. The molecule has 2 unspecified atom stereocenters. The fourth-order valence-corrected chi connectivity index (χ4v) is 2.89. The maximum atomic E-state index is 5.98. The number of rotatable bonds is 6. The van der Waals surface area contributed by atoms with E-state index in [0.717, 1.165) is 5.75 Å². The highest BCUT2D eigenvalue weighted by Gasteiger charge is 2.20. The topological polar surface area (TPSA) is 29.3 Å². The molecule has 3 heteroatoms. The summed E-state index contributed by atoms with van der Waals surface area (Å²) in [5.41, 5.74) is 10.00. The van der Waals surface area contributed by atoms with E-state index in [1.165, 1.54) is 16.7 Å². The third-order valence-electron chi connectivity index (χ3n) is 3.73. The highest BCUT2D eigenvalue weighted by Crippen LogP contribution is 2.23. The standard InChI is InChI=1S/C15H26N2S/c1-11-6-7-14(8-12(11)2)15(9-16)17(4)13(3)10-18-5/h6-8,13,15H,9-10,16H2,1-5H3. The van der Waals surface area contributed by atoms with Crippen molar-refractivity contribution in [1.29, 1.82) is 0 Å². The van der Waals surface area contributed by atoms with Gasteiger partial charge in [-0.1, -0.05) is 18.2 Å². The molecule has 0 aliphatic heterocycles. The molecule has 0 aliphatic carbocycles. The minimum Gasteiger partial charge on any atom is -0.329 e. The van der Waals surface area contributed by atoms with Gasteiger partial charge in [-0.3, -0.25) is 4.90 Å². The molecule has 1 aromatic carbocycles. The van der Waals surface area contributed by atoms with Crippen molar-refractivity contribution >= 4 is 11.8 Å². The Labute approximate surface area is 116 Å². The Kier molecular flexibility index (Phi) is 6.19. The zero-order valence-corrected chi connectivity index (χ0v) is 13.1. The van der Waals surface area contributed by atoms with Crippen LogP contribution in [-0.2, 0) is 0 Å². The predicted octanol–water partition coefficient (Wildman–Crippen LogP) is 2.99. The number of thioether (sulfide) groups is 1. The minimum atomic E-state index is 0.312. The predicted molar refractivity (Wildman–Crippen MR) is 83.3 cm³/mol. The first-order valence-corrected chi connectivity index (χ1v) is 7.88. The van der Waals surface area contributed by atoms with Crippen molar-refractivity contribution in [3.8, 4) is 0 Å². The fraction of sp³-hybridized carbons (Fsp3) is 0.600. The van der Waals surface area contributed by atoms with E-state index >= 15 is 0 Å². The molecule has 2 nitrogen and oxygen atoms in total. The molecule has 0 aromatic heterocycles. The van der Waals surface area contributed by atoms with Crippen molar-refractivity contribution in [2.24, 2.45) is 5.73 Å². The molecule has 102 valence electrons. The third-order valence-corrected chi connectivity index (χ3v) is 4.55. The van der Waals surface area contributed by atoms with Crippen molar-refractivity contribution in [3.63, 3.8) is 0 Å².